The number of fused-ring (bicyclic) bond motifs is 4. The molecule has 2 aliphatic heterocycles. The number of rotatable bonds is 0. The topological polar surface area (TPSA) is 46.4 Å². The average molecular weight is 338 g/mol. The predicted molar refractivity (Wildman–Crippen MR) is 105 cm³/mol. The zero-order chi connectivity index (χ0) is 17.7. The van der Waals surface area contributed by atoms with Gasteiger partial charge >= 0.3 is 0 Å². The van der Waals surface area contributed by atoms with E-state index in [1.807, 2.05) is 66.7 Å². The Labute approximate surface area is 150 Å². The number of hydrogen-bond donors (Lipinski definition) is 0. The lowest BCUT2D eigenvalue weighted by molar-refractivity contribution is -0.403. The van der Waals surface area contributed by atoms with E-state index >= 15 is 0 Å². The molecule has 0 amide bonds. The molecule has 0 spiro atoms. The van der Waals surface area contributed by atoms with Gasteiger partial charge in [0.2, 0.25) is 0 Å². The minimum atomic E-state index is 0.341. The second kappa shape index (κ2) is 5.51. The van der Waals surface area contributed by atoms with Gasteiger partial charge in [-0.3, -0.25) is 0 Å². The Morgan fingerprint density at radius 2 is 1.62 bits per heavy atom. The molecule has 26 heavy (non-hydrogen) atoms. The van der Waals surface area contributed by atoms with Crippen LogP contribution in [0.15, 0.2) is 84.2 Å². The fraction of sp³-hybridized carbons (Fsp3) is 0. The third-order valence-corrected chi connectivity index (χ3v) is 4.85. The van der Waals surface area contributed by atoms with Crippen molar-refractivity contribution in [3.8, 4) is 0 Å². The molecular weight excluding hydrogens is 324 g/mol. The summed E-state index contributed by atoms with van der Waals surface area (Å²) in [6.45, 7) is 0. The first-order valence-electron chi connectivity index (χ1n) is 8.40. The van der Waals surface area contributed by atoms with E-state index in [1.165, 1.54) is 0 Å². The van der Waals surface area contributed by atoms with E-state index in [0.717, 1.165) is 31.7 Å². The van der Waals surface area contributed by atoms with Crippen LogP contribution < -0.4 is 5.06 Å². The molecule has 0 N–H and O–H groups in total. The lowest BCUT2D eigenvalue weighted by atomic mass is 9.98. The molecule has 5 rings (SSSR count). The maximum atomic E-state index is 13.0. The van der Waals surface area contributed by atoms with Crippen molar-refractivity contribution < 1.29 is 4.76 Å². The van der Waals surface area contributed by atoms with Crippen LogP contribution >= 0.6 is 0 Å². The van der Waals surface area contributed by atoms with Crippen molar-refractivity contribution in [3.63, 3.8) is 0 Å². The van der Waals surface area contributed by atoms with Gasteiger partial charge in [-0.15, -0.1) is 0 Å². The van der Waals surface area contributed by atoms with Gasteiger partial charge in [-0.1, -0.05) is 42.5 Å². The molecule has 0 atom stereocenters. The number of para-hydroxylation sites is 1. The monoisotopic (exact) mass is 338 g/mol. The Balaban J connectivity index is 1.68. The van der Waals surface area contributed by atoms with Crippen LogP contribution in [0.1, 0.15) is 11.1 Å². The van der Waals surface area contributed by atoms with Gasteiger partial charge < -0.3 is 10.3 Å². The largest absolute Gasteiger partial charge is 0.754 e. The van der Waals surface area contributed by atoms with Gasteiger partial charge in [0.05, 0.1) is 10.3 Å². The van der Waals surface area contributed by atoms with Crippen LogP contribution in [0.2, 0.25) is 0 Å². The van der Waals surface area contributed by atoms with Crippen molar-refractivity contribution in [2.45, 2.75) is 0 Å². The third kappa shape index (κ3) is 2.06. The van der Waals surface area contributed by atoms with E-state index in [9.17, 15) is 10.1 Å². The number of nitroso groups, excluding NO2 is 1. The maximum absolute atomic E-state index is 13.0. The van der Waals surface area contributed by atoms with Gasteiger partial charge in [0.25, 0.3) is 11.4 Å². The Bertz CT molecular complexity index is 1170. The van der Waals surface area contributed by atoms with Gasteiger partial charge in [0.15, 0.2) is 0 Å². The van der Waals surface area contributed by atoms with Crippen molar-refractivity contribution >= 4 is 34.3 Å². The quantitative estimate of drug-likeness (QED) is 0.507. The minimum absolute atomic E-state index is 0.341. The summed E-state index contributed by atoms with van der Waals surface area (Å²) in [5.41, 5.74) is 3.50. The molecule has 0 aliphatic carbocycles. The second-order valence-electron chi connectivity index (χ2n) is 6.30. The zero-order valence-corrected chi connectivity index (χ0v) is 13.8. The summed E-state index contributed by atoms with van der Waals surface area (Å²) in [5, 5.41) is 16.0. The number of hydrogen-bond acceptors (Lipinski definition) is 3. The van der Waals surface area contributed by atoms with Crippen molar-refractivity contribution in [1.82, 2.24) is 0 Å². The minimum Gasteiger partial charge on any atom is -0.754 e. The van der Waals surface area contributed by atoms with Gasteiger partial charge in [-0.2, -0.15) is 0 Å². The van der Waals surface area contributed by atoms with Crippen molar-refractivity contribution in [2.75, 3.05) is 5.06 Å². The fourth-order valence-electron chi connectivity index (χ4n) is 3.55. The summed E-state index contributed by atoms with van der Waals surface area (Å²) in [4.78, 5) is 12.8. The van der Waals surface area contributed by atoms with Crippen LogP contribution in [0.5, 0.6) is 0 Å². The molecule has 3 aromatic rings. The first-order valence-corrected chi connectivity index (χ1v) is 8.40. The Kier molecular flexibility index (Phi) is 3.14. The molecule has 0 radical (unpaired) electrons. The maximum Gasteiger partial charge on any atom is 0.286 e. The van der Waals surface area contributed by atoms with E-state index in [1.54, 1.807) is 18.2 Å². The van der Waals surface area contributed by atoms with Crippen molar-refractivity contribution in [3.05, 3.63) is 105 Å². The lowest BCUT2D eigenvalue weighted by Gasteiger charge is -2.35. The Morgan fingerprint density at radius 1 is 0.808 bits per heavy atom. The van der Waals surface area contributed by atoms with E-state index in [4.69, 9.17) is 0 Å². The third-order valence-electron chi connectivity index (χ3n) is 4.85. The molecule has 4 heteroatoms. The summed E-state index contributed by atoms with van der Waals surface area (Å²) in [5.74, 6) is 0. The summed E-state index contributed by atoms with van der Waals surface area (Å²) in [6, 6.07) is 19.0. The molecule has 0 unspecified atom stereocenters. The molecule has 124 valence electrons. The molecule has 2 heterocycles. The summed E-state index contributed by atoms with van der Waals surface area (Å²) < 4.78 is 0.825. The summed E-state index contributed by atoms with van der Waals surface area (Å²) in [7, 11) is 0. The van der Waals surface area contributed by atoms with Crippen LogP contribution in [-0.2, 0) is 0 Å². The van der Waals surface area contributed by atoms with E-state index in [0.29, 0.717) is 22.8 Å². The highest BCUT2D eigenvalue weighted by Gasteiger charge is 2.30. The van der Waals surface area contributed by atoms with Gasteiger partial charge in [0, 0.05) is 28.3 Å². The van der Waals surface area contributed by atoms with Crippen molar-refractivity contribution in [2.24, 2.45) is 0 Å². The number of benzene rings is 3. The van der Waals surface area contributed by atoms with E-state index in [2.05, 4.69) is 0 Å². The van der Waals surface area contributed by atoms with Gasteiger partial charge in [-0.25, -0.2) is 0 Å². The van der Waals surface area contributed by atoms with E-state index < -0.39 is 0 Å². The summed E-state index contributed by atoms with van der Waals surface area (Å²) in [6.07, 6.45) is 7.20. The predicted octanol–water partition coefficient (Wildman–Crippen LogP) is 5.52. The molecule has 2 aliphatic rings. The van der Waals surface area contributed by atoms with Crippen LogP contribution in [0.4, 0.5) is 11.4 Å². The zero-order valence-electron chi connectivity index (χ0n) is 13.8. The van der Waals surface area contributed by atoms with Crippen LogP contribution in [0, 0.1) is 10.1 Å². The molecule has 0 saturated carbocycles. The molecule has 0 aromatic heterocycles. The van der Waals surface area contributed by atoms with Gasteiger partial charge in [-0.05, 0) is 41.1 Å². The summed E-state index contributed by atoms with van der Waals surface area (Å²) >= 11 is 0. The molecule has 0 bridgehead atoms. The second-order valence-corrected chi connectivity index (χ2v) is 6.30. The smallest absolute Gasteiger partial charge is 0.286 e. The number of anilines is 1. The standard InChI is InChI=1S/C22H14N2O2/c25-23-19-8-4-2-6-16(19)10-13-21(23)22-14-11-18-17-7-3-1-5-15(17)9-12-20(18)24(22)26/h1-14H. The molecule has 0 fully saturated rings. The lowest BCUT2D eigenvalue weighted by Crippen LogP contribution is -2.21. The average Bonchev–Trinajstić information content (AvgIpc) is 2.69. The van der Waals surface area contributed by atoms with Crippen LogP contribution in [0.25, 0.3) is 22.9 Å². The fourth-order valence-corrected chi connectivity index (χ4v) is 3.55. The number of nitrogens with zero attached hydrogens (tertiary/aromatic N) is 2. The highest BCUT2D eigenvalue weighted by atomic mass is 16.5. The molecule has 0 saturated heterocycles. The van der Waals surface area contributed by atoms with Crippen molar-refractivity contribution in [1.29, 1.82) is 0 Å². The van der Waals surface area contributed by atoms with Crippen LogP contribution in [-0.4, -0.2) is 4.76 Å². The Hall–Kier alpha value is -3.50. The molecule has 4 nitrogen and oxygen atoms in total. The first kappa shape index (κ1) is 14.8. The SMILES string of the molecule is O=[N+]1C(=C2C=Cc3c(ccc4ccccc34)N2[O-])C=Cc2ccccc21. The Morgan fingerprint density at radius 3 is 2.54 bits per heavy atom. The molecular formula is C22H14N2O2. The van der Waals surface area contributed by atoms with Crippen LogP contribution in [0.3, 0.4) is 0 Å². The number of allylic oxidation sites excluding steroid dienone is 2. The highest BCUT2D eigenvalue weighted by molar-refractivity contribution is 5.98. The highest BCUT2D eigenvalue weighted by Crippen LogP contribution is 2.38. The first-order chi connectivity index (χ1) is 12.7. The number of hydroxylamine groups is 1. The normalized spacial score (nSPS) is 18.2. The van der Waals surface area contributed by atoms with Gasteiger partial charge in [0.1, 0.15) is 5.70 Å². The van der Waals surface area contributed by atoms with E-state index in [-0.39, 0.29) is 0 Å². The molecule has 3 aromatic carbocycles.